The molecule has 1 aliphatic rings. The molecule has 2 rings (SSSR count). The van der Waals surface area contributed by atoms with Crippen LogP contribution in [0.5, 0.6) is 0 Å². The third-order valence-electron chi connectivity index (χ3n) is 2.98. The number of piperidine rings is 1. The minimum Gasteiger partial charge on any atom is -0.338 e. The average molecular weight is 318 g/mol. The standard InChI is InChI=1S/C12H14BrClN2O/c1-8-3-2-4-16(7-8)12(17)10-5-9(13)6-15-11(10)14/h5-6,8H,2-4,7H2,1H3/t8-/m1/s1. The molecule has 1 saturated heterocycles. The van der Waals surface area contributed by atoms with Crippen molar-refractivity contribution in [1.82, 2.24) is 9.88 Å². The zero-order valence-electron chi connectivity index (χ0n) is 9.62. The second-order valence-corrected chi connectivity index (χ2v) is 5.76. The summed E-state index contributed by atoms with van der Waals surface area (Å²) in [6, 6.07) is 1.73. The highest BCUT2D eigenvalue weighted by atomic mass is 79.9. The van der Waals surface area contributed by atoms with Gasteiger partial charge in [0.15, 0.2) is 0 Å². The molecule has 0 bridgehead atoms. The number of rotatable bonds is 1. The quantitative estimate of drug-likeness (QED) is 0.744. The maximum atomic E-state index is 12.3. The fourth-order valence-electron chi connectivity index (χ4n) is 2.12. The van der Waals surface area contributed by atoms with E-state index in [9.17, 15) is 4.79 Å². The molecule has 0 aromatic carbocycles. The highest BCUT2D eigenvalue weighted by Crippen LogP contribution is 2.23. The highest BCUT2D eigenvalue weighted by molar-refractivity contribution is 9.10. The van der Waals surface area contributed by atoms with Gasteiger partial charge in [-0.05, 0) is 40.8 Å². The number of carbonyl (C=O) groups is 1. The monoisotopic (exact) mass is 316 g/mol. The Morgan fingerprint density at radius 2 is 2.41 bits per heavy atom. The molecule has 0 unspecified atom stereocenters. The Morgan fingerprint density at radius 1 is 1.65 bits per heavy atom. The van der Waals surface area contributed by atoms with Crippen LogP contribution in [0.2, 0.25) is 5.15 Å². The first-order valence-electron chi connectivity index (χ1n) is 5.68. The first-order valence-corrected chi connectivity index (χ1v) is 6.85. The van der Waals surface area contributed by atoms with Crippen molar-refractivity contribution in [2.75, 3.05) is 13.1 Å². The van der Waals surface area contributed by atoms with Crippen LogP contribution in [-0.4, -0.2) is 28.9 Å². The third kappa shape index (κ3) is 2.99. The Kier molecular flexibility index (Phi) is 4.05. The molecule has 2 heterocycles. The van der Waals surface area contributed by atoms with Crippen molar-refractivity contribution in [3.8, 4) is 0 Å². The van der Waals surface area contributed by atoms with Crippen LogP contribution in [0.1, 0.15) is 30.1 Å². The summed E-state index contributed by atoms with van der Waals surface area (Å²) >= 11 is 9.28. The highest BCUT2D eigenvalue weighted by Gasteiger charge is 2.24. The molecule has 1 aromatic rings. The van der Waals surface area contributed by atoms with Crippen LogP contribution in [-0.2, 0) is 0 Å². The summed E-state index contributed by atoms with van der Waals surface area (Å²) in [6.07, 6.45) is 3.85. The van der Waals surface area contributed by atoms with Gasteiger partial charge in [0.2, 0.25) is 0 Å². The van der Waals surface area contributed by atoms with E-state index in [-0.39, 0.29) is 11.1 Å². The van der Waals surface area contributed by atoms with Gasteiger partial charge < -0.3 is 4.90 Å². The molecule has 92 valence electrons. The smallest absolute Gasteiger partial charge is 0.257 e. The molecule has 1 aromatic heterocycles. The lowest BCUT2D eigenvalue weighted by atomic mass is 10.00. The minimum absolute atomic E-state index is 0.0182. The van der Waals surface area contributed by atoms with Crippen molar-refractivity contribution in [1.29, 1.82) is 0 Å². The number of carbonyl (C=O) groups excluding carboxylic acids is 1. The van der Waals surface area contributed by atoms with Crippen molar-refractivity contribution >= 4 is 33.4 Å². The molecule has 1 aliphatic heterocycles. The van der Waals surface area contributed by atoms with E-state index in [0.29, 0.717) is 11.5 Å². The molecule has 0 N–H and O–H groups in total. The first kappa shape index (κ1) is 12.8. The van der Waals surface area contributed by atoms with Gasteiger partial charge in [0.05, 0.1) is 5.56 Å². The lowest BCUT2D eigenvalue weighted by molar-refractivity contribution is 0.0682. The van der Waals surface area contributed by atoms with Gasteiger partial charge in [-0.2, -0.15) is 0 Å². The van der Waals surface area contributed by atoms with Gasteiger partial charge in [-0.3, -0.25) is 4.79 Å². The van der Waals surface area contributed by atoms with Crippen LogP contribution < -0.4 is 0 Å². The van der Waals surface area contributed by atoms with Crippen LogP contribution >= 0.6 is 27.5 Å². The lowest BCUT2D eigenvalue weighted by Gasteiger charge is -2.31. The second kappa shape index (κ2) is 5.36. The summed E-state index contributed by atoms with van der Waals surface area (Å²) in [7, 11) is 0. The number of pyridine rings is 1. The maximum Gasteiger partial charge on any atom is 0.257 e. The fraction of sp³-hybridized carbons (Fsp3) is 0.500. The zero-order valence-corrected chi connectivity index (χ0v) is 12.0. The number of halogens is 2. The van der Waals surface area contributed by atoms with Crippen LogP contribution in [0.3, 0.4) is 0 Å². The number of nitrogens with zero attached hydrogens (tertiary/aromatic N) is 2. The van der Waals surface area contributed by atoms with Gasteiger partial charge in [0.25, 0.3) is 5.91 Å². The Bertz CT molecular complexity index is 439. The van der Waals surface area contributed by atoms with Crippen molar-refractivity contribution in [2.45, 2.75) is 19.8 Å². The SMILES string of the molecule is C[C@@H]1CCCN(C(=O)c2cc(Br)cnc2Cl)C1. The van der Waals surface area contributed by atoms with Crippen molar-refractivity contribution in [2.24, 2.45) is 5.92 Å². The van der Waals surface area contributed by atoms with E-state index in [0.717, 1.165) is 24.0 Å². The molecule has 1 fully saturated rings. The average Bonchev–Trinajstić information content (AvgIpc) is 2.31. The molecule has 5 heteroatoms. The molecule has 17 heavy (non-hydrogen) atoms. The summed E-state index contributed by atoms with van der Waals surface area (Å²) in [5, 5.41) is 0.274. The van der Waals surface area contributed by atoms with Gasteiger partial charge in [-0.1, -0.05) is 18.5 Å². The maximum absolute atomic E-state index is 12.3. The van der Waals surface area contributed by atoms with E-state index in [1.54, 1.807) is 12.3 Å². The molecule has 1 amide bonds. The molecule has 0 aliphatic carbocycles. The number of likely N-dealkylation sites (tertiary alicyclic amines) is 1. The first-order chi connectivity index (χ1) is 8.08. The molecular formula is C12H14BrClN2O. The topological polar surface area (TPSA) is 33.2 Å². The van der Waals surface area contributed by atoms with E-state index >= 15 is 0 Å². The van der Waals surface area contributed by atoms with E-state index in [1.807, 2.05) is 4.90 Å². The molecule has 0 radical (unpaired) electrons. The largest absolute Gasteiger partial charge is 0.338 e. The van der Waals surface area contributed by atoms with Crippen molar-refractivity contribution < 1.29 is 4.79 Å². The van der Waals surface area contributed by atoms with Crippen LogP contribution in [0, 0.1) is 5.92 Å². The van der Waals surface area contributed by atoms with Gasteiger partial charge in [-0.25, -0.2) is 4.98 Å². The Labute approximate surface area is 114 Å². The van der Waals surface area contributed by atoms with Gasteiger partial charge in [-0.15, -0.1) is 0 Å². The fourth-order valence-corrected chi connectivity index (χ4v) is 2.63. The summed E-state index contributed by atoms with van der Waals surface area (Å²) in [5.41, 5.74) is 0.482. The van der Waals surface area contributed by atoms with Crippen LogP contribution in [0.15, 0.2) is 16.7 Å². The van der Waals surface area contributed by atoms with Gasteiger partial charge in [0, 0.05) is 23.8 Å². The second-order valence-electron chi connectivity index (χ2n) is 4.49. The predicted molar refractivity (Wildman–Crippen MR) is 71.2 cm³/mol. The number of hydrogen-bond acceptors (Lipinski definition) is 2. The van der Waals surface area contributed by atoms with Crippen molar-refractivity contribution in [3.63, 3.8) is 0 Å². The number of hydrogen-bond donors (Lipinski definition) is 0. The van der Waals surface area contributed by atoms with E-state index in [4.69, 9.17) is 11.6 Å². The van der Waals surface area contributed by atoms with Crippen LogP contribution in [0.25, 0.3) is 0 Å². The number of amides is 1. The Balaban J connectivity index is 2.21. The molecule has 3 nitrogen and oxygen atoms in total. The van der Waals surface area contributed by atoms with E-state index in [2.05, 4.69) is 27.8 Å². The van der Waals surface area contributed by atoms with Crippen molar-refractivity contribution in [3.05, 3.63) is 27.5 Å². The van der Waals surface area contributed by atoms with Gasteiger partial charge in [0.1, 0.15) is 5.15 Å². The minimum atomic E-state index is -0.0182. The molecule has 0 saturated carbocycles. The lowest BCUT2D eigenvalue weighted by Crippen LogP contribution is -2.39. The van der Waals surface area contributed by atoms with Crippen LogP contribution in [0.4, 0.5) is 0 Å². The summed E-state index contributed by atoms with van der Waals surface area (Å²) < 4.78 is 0.773. The van der Waals surface area contributed by atoms with Gasteiger partial charge >= 0.3 is 0 Å². The summed E-state index contributed by atoms with van der Waals surface area (Å²) in [5.74, 6) is 0.543. The van der Waals surface area contributed by atoms with E-state index in [1.165, 1.54) is 6.42 Å². The Morgan fingerprint density at radius 3 is 3.12 bits per heavy atom. The predicted octanol–water partition coefficient (Wildman–Crippen LogP) is 3.37. The summed E-state index contributed by atoms with van der Waals surface area (Å²) in [6.45, 7) is 3.79. The summed E-state index contributed by atoms with van der Waals surface area (Å²) in [4.78, 5) is 18.1. The zero-order chi connectivity index (χ0) is 12.4. The normalized spacial score (nSPS) is 20.4. The Hall–Kier alpha value is -0.610. The molecule has 1 atom stereocenters. The number of aromatic nitrogens is 1. The molecular weight excluding hydrogens is 304 g/mol. The third-order valence-corrected chi connectivity index (χ3v) is 3.72. The molecule has 0 spiro atoms. The van der Waals surface area contributed by atoms with E-state index < -0.39 is 0 Å².